The first kappa shape index (κ1) is 19.8. The van der Waals surface area contributed by atoms with Crippen molar-refractivity contribution in [1.29, 1.82) is 0 Å². The molecule has 0 radical (unpaired) electrons. The molecule has 3 aromatic rings. The zero-order valence-corrected chi connectivity index (χ0v) is 17.0. The Morgan fingerprint density at radius 1 is 0.857 bits per heavy atom. The van der Waals surface area contributed by atoms with Gasteiger partial charge in [0.25, 0.3) is 10.0 Å². The van der Waals surface area contributed by atoms with Crippen LogP contribution in [0.5, 0.6) is 5.75 Å². The fraction of sp³-hybridized carbons (Fsp3) is 0.182. The number of ether oxygens (including phenoxy) is 1. The third-order valence-electron chi connectivity index (χ3n) is 4.43. The highest BCUT2D eigenvalue weighted by Crippen LogP contribution is 2.22. The van der Waals surface area contributed by atoms with E-state index in [2.05, 4.69) is 10.0 Å². The van der Waals surface area contributed by atoms with Crippen molar-refractivity contribution in [2.24, 2.45) is 0 Å². The SMILES string of the molecule is COc1ccc(CNc2ccc(NS(=O)(=O)c3cc(C)ccc3C)cc2)cc1. The van der Waals surface area contributed by atoms with Crippen molar-refractivity contribution in [2.45, 2.75) is 25.3 Å². The molecule has 146 valence electrons. The number of methoxy groups -OCH3 is 1. The van der Waals surface area contributed by atoms with Gasteiger partial charge in [0.1, 0.15) is 5.75 Å². The van der Waals surface area contributed by atoms with Gasteiger partial charge in [-0.2, -0.15) is 0 Å². The van der Waals surface area contributed by atoms with Crippen LogP contribution in [0, 0.1) is 13.8 Å². The highest BCUT2D eigenvalue weighted by molar-refractivity contribution is 7.92. The van der Waals surface area contributed by atoms with Gasteiger partial charge in [-0.1, -0.05) is 24.3 Å². The Morgan fingerprint density at radius 3 is 2.14 bits per heavy atom. The average Bonchev–Trinajstić information content (AvgIpc) is 2.69. The Kier molecular flexibility index (Phi) is 5.90. The lowest BCUT2D eigenvalue weighted by Gasteiger charge is -2.12. The smallest absolute Gasteiger partial charge is 0.262 e. The van der Waals surface area contributed by atoms with Gasteiger partial charge in [-0.05, 0) is 73.0 Å². The van der Waals surface area contributed by atoms with Crippen LogP contribution in [0.25, 0.3) is 0 Å². The number of rotatable bonds is 7. The normalized spacial score (nSPS) is 11.1. The second-order valence-electron chi connectivity index (χ2n) is 6.65. The molecule has 0 saturated heterocycles. The standard InChI is InChI=1S/C22H24N2O3S/c1-16-4-5-17(2)22(14-16)28(25,26)24-20-10-8-19(9-11-20)23-15-18-6-12-21(27-3)13-7-18/h4-14,23-24H,15H2,1-3H3. The Balaban J connectivity index is 1.66. The van der Waals surface area contributed by atoms with Gasteiger partial charge in [0, 0.05) is 17.9 Å². The molecule has 0 unspecified atom stereocenters. The molecule has 0 aromatic heterocycles. The molecule has 0 aliphatic heterocycles. The second-order valence-corrected chi connectivity index (χ2v) is 8.30. The topological polar surface area (TPSA) is 67.4 Å². The van der Waals surface area contributed by atoms with Crippen LogP contribution in [0.4, 0.5) is 11.4 Å². The van der Waals surface area contributed by atoms with Gasteiger partial charge in [-0.3, -0.25) is 4.72 Å². The van der Waals surface area contributed by atoms with Gasteiger partial charge in [0.15, 0.2) is 0 Å². The zero-order valence-electron chi connectivity index (χ0n) is 16.2. The molecule has 0 fully saturated rings. The highest BCUT2D eigenvalue weighted by Gasteiger charge is 2.17. The van der Waals surface area contributed by atoms with Crippen LogP contribution in [0.3, 0.4) is 0 Å². The molecular weight excluding hydrogens is 372 g/mol. The largest absolute Gasteiger partial charge is 0.497 e. The van der Waals surface area contributed by atoms with E-state index >= 15 is 0 Å². The summed E-state index contributed by atoms with van der Waals surface area (Å²) in [5.41, 5.74) is 4.18. The van der Waals surface area contributed by atoms with Crippen molar-refractivity contribution in [1.82, 2.24) is 0 Å². The zero-order chi connectivity index (χ0) is 20.1. The Hall–Kier alpha value is -2.99. The quantitative estimate of drug-likeness (QED) is 0.606. The molecule has 0 aliphatic rings. The first-order valence-electron chi connectivity index (χ1n) is 8.94. The summed E-state index contributed by atoms with van der Waals surface area (Å²) in [7, 11) is -1.98. The first-order chi connectivity index (χ1) is 13.4. The van der Waals surface area contributed by atoms with E-state index in [0.29, 0.717) is 17.1 Å². The second kappa shape index (κ2) is 8.35. The van der Waals surface area contributed by atoms with E-state index < -0.39 is 10.0 Å². The van der Waals surface area contributed by atoms with Crippen molar-refractivity contribution in [2.75, 3.05) is 17.1 Å². The lowest BCUT2D eigenvalue weighted by Crippen LogP contribution is -2.14. The maximum absolute atomic E-state index is 12.7. The van der Waals surface area contributed by atoms with Crippen LogP contribution in [-0.2, 0) is 16.6 Å². The predicted octanol–water partition coefficient (Wildman–Crippen LogP) is 4.72. The number of anilines is 2. The van der Waals surface area contributed by atoms with Crippen LogP contribution in [0.1, 0.15) is 16.7 Å². The third kappa shape index (κ3) is 4.84. The molecule has 2 N–H and O–H groups in total. The van der Waals surface area contributed by atoms with Crippen LogP contribution < -0.4 is 14.8 Å². The molecule has 0 aliphatic carbocycles. The molecule has 6 heteroatoms. The van der Waals surface area contributed by atoms with Crippen molar-refractivity contribution in [3.8, 4) is 5.75 Å². The summed E-state index contributed by atoms with van der Waals surface area (Å²) < 4.78 is 33.2. The van der Waals surface area contributed by atoms with E-state index in [-0.39, 0.29) is 0 Å². The molecule has 0 saturated carbocycles. The molecule has 0 atom stereocenters. The summed E-state index contributed by atoms with van der Waals surface area (Å²) >= 11 is 0. The monoisotopic (exact) mass is 396 g/mol. The van der Waals surface area contributed by atoms with E-state index in [0.717, 1.165) is 28.1 Å². The molecule has 0 spiro atoms. The van der Waals surface area contributed by atoms with Crippen LogP contribution in [0.2, 0.25) is 0 Å². The molecule has 0 heterocycles. The predicted molar refractivity (Wildman–Crippen MR) is 113 cm³/mol. The molecule has 28 heavy (non-hydrogen) atoms. The van der Waals surface area contributed by atoms with Gasteiger partial charge in [-0.25, -0.2) is 8.42 Å². The number of nitrogens with one attached hydrogen (secondary N) is 2. The number of hydrogen-bond donors (Lipinski definition) is 2. The minimum atomic E-state index is -3.62. The fourth-order valence-corrected chi connectivity index (χ4v) is 4.20. The van der Waals surface area contributed by atoms with Crippen molar-refractivity contribution < 1.29 is 13.2 Å². The summed E-state index contributed by atoms with van der Waals surface area (Å²) in [6.45, 7) is 4.33. The molecule has 0 bridgehead atoms. The highest BCUT2D eigenvalue weighted by atomic mass is 32.2. The fourth-order valence-electron chi connectivity index (χ4n) is 2.81. The maximum atomic E-state index is 12.7. The van der Waals surface area contributed by atoms with Crippen molar-refractivity contribution in [3.63, 3.8) is 0 Å². The number of hydrogen-bond acceptors (Lipinski definition) is 4. The molecular formula is C22H24N2O3S. The van der Waals surface area contributed by atoms with Crippen molar-refractivity contribution in [3.05, 3.63) is 83.4 Å². The lowest BCUT2D eigenvalue weighted by atomic mass is 10.2. The summed E-state index contributed by atoms with van der Waals surface area (Å²) in [5.74, 6) is 0.823. The van der Waals surface area contributed by atoms with E-state index in [1.165, 1.54) is 0 Å². The minimum Gasteiger partial charge on any atom is -0.497 e. The molecule has 3 aromatic carbocycles. The van der Waals surface area contributed by atoms with E-state index in [1.807, 2.05) is 55.5 Å². The van der Waals surface area contributed by atoms with E-state index in [4.69, 9.17) is 4.74 Å². The van der Waals surface area contributed by atoms with Gasteiger partial charge in [0.2, 0.25) is 0 Å². The number of sulfonamides is 1. The lowest BCUT2D eigenvalue weighted by molar-refractivity contribution is 0.414. The Bertz CT molecular complexity index is 1040. The first-order valence-corrected chi connectivity index (χ1v) is 10.4. The van der Waals surface area contributed by atoms with Gasteiger partial charge >= 0.3 is 0 Å². The minimum absolute atomic E-state index is 0.300. The van der Waals surface area contributed by atoms with Crippen LogP contribution >= 0.6 is 0 Å². The third-order valence-corrected chi connectivity index (χ3v) is 5.95. The van der Waals surface area contributed by atoms with Gasteiger partial charge < -0.3 is 10.1 Å². The van der Waals surface area contributed by atoms with E-state index in [9.17, 15) is 8.42 Å². The van der Waals surface area contributed by atoms with Crippen LogP contribution in [0.15, 0.2) is 71.6 Å². The Morgan fingerprint density at radius 2 is 1.50 bits per heavy atom. The maximum Gasteiger partial charge on any atom is 0.262 e. The van der Waals surface area contributed by atoms with Crippen molar-refractivity contribution >= 4 is 21.4 Å². The molecule has 5 nitrogen and oxygen atoms in total. The number of aryl methyl sites for hydroxylation is 2. The Labute approximate surface area is 166 Å². The van der Waals surface area contributed by atoms with E-state index in [1.54, 1.807) is 32.2 Å². The summed E-state index contributed by atoms with van der Waals surface area (Å²) in [6, 6.07) is 20.4. The number of benzene rings is 3. The molecule has 3 rings (SSSR count). The van der Waals surface area contributed by atoms with Gasteiger partial charge in [-0.15, -0.1) is 0 Å². The average molecular weight is 397 g/mol. The summed E-state index contributed by atoms with van der Waals surface area (Å²) in [4.78, 5) is 0.300. The summed E-state index contributed by atoms with van der Waals surface area (Å²) in [5, 5.41) is 3.32. The molecule has 0 amide bonds. The summed E-state index contributed by atoms with van der Waals surface area (Å²) in [6.07, 6.45) is 0. The van der Waals surface area contributed by atoms with Crippen LogP contribution in [-0.4, -0.2) is 15.5 Å². The van der Waals surface area contributed by atoms with Gasteiger partial charge in [0.05, 0.1) is 12.0 Å².